The fourth-order valence-electron chi connectivity index (χ4n) is 2.81. The van der Waals surface area contributed by atoms with Crippen molar-refractivity contribution >= 4 is 23.1 Å². The molecule has 0 radical (unpaired) electrons. The lowest BCUT2D eigenvalue weighted by Crippen LogP contribution is -2.17. The first-order chi connectivity index (χ1) is 12.2. The fourth-order valence-corrected chi connectivity index (χ4v) is 5.02. The molecule has 3 nitrogen and oxygen atoms in total. The highest BCUT2D eigenvalue weighted by Crippen LogP contribution is 2.49. The first-order valence-electron chi connectivity index (χ1n) is 8.31. The molecule has 1 aromatic heterocycles. The number of thiazole rings is 1. The van der Waals surface area contributed by atoms with E-state index >= 15 is 0 Å². The Labute approximate surface area is 156 Å². The van der Waals surface area contributed by atoms with Crippen LogP contribution in [0.5, 0.6) is 0 Å². The molecule has 0 atom stereocenters. The molecule has 4 rings (SSSR count). The number of nitrogens with zero attached hydrogens (tertiary/aromatic N) is 2. The average molecular weight is 369 g/mol. The Morgan fingerprint density at radius 1 is 0.960 bits per heavy atom. The van der Waals surface area contributed by atoms with Gasteiger partial charge in [0.1, 0.15) is 5.01 Å². The van der Waals surface area contributed by atoms with Crippen molar-refractivity contribution in [2.24, 2.45) is 0 Å². The summed E-state index contributed by atoms with van der Waals surface area (Å²) in [7, 11) is 4.11. The van der Waals surface area contributed by atoms with Crippen LogP contribution in [0.4, 0.5) is 0 Å². The summed E-state index contributed by atoms with van der Waals surface area (Å²) < 4.78 is 5.82. The second-order valence-electron chi connectivity index (χ2n) is 6.24. The molecule has 0 fully saturated rings. The molecule has 0 amide bonds. The monoisotopic (exact) mass is 368 g/mol. The molecular weight excluding hydrogens is 348 g/mol. The third-order valence-electron chi connectivity index (χ3n) is 4.07. The molecule has 0 bridgehead atoms. The number of fused-ring (bicyclic) bond motifs is 5. The highest BCUT2D eigenvalue weighted by molar-refractivity contribution is 7.99. The number of hydrogen-bond donors (Lipinski definition) is 0. The third kappa shape index (κ3) is 3.51. The van der Waals surface area contributed by atoms with Crippen molar-refractivity contribution in [2.75, 3.05) is 27.2 Å². The van der Waals surface area contributed by atoms with E-state index in [9.17, 15) is 0 Å². The van der Waals surface area contributed by atoms with Crippen LogP contribution in [0.2, 0.25) is 0 Å². The standard InChI is InChI=1S/C20H20N2OS2/c1-22(2)11-12-23-13-18-21-19-14-7-3-5-9-16(14)24-17-10-6-4-8-15(17)20(19)25-18/h3-10H,11-13H2,1-2H3. The lowest BCUT2D eigenvalue weighted by atomic mass is 10.1. The first-order valence-corrected chi connectivity index (χ1v) is 9.94. The molecule has 1 aliphatic rings. The minimum atomic E-state index is 0.572. The van der Waals surface area contributed by atoms with Gasteiger partial charge in [-0.2, -0.15) is 0 Å². The van der Waals surface area contributed by atoms with Gasteiger partial charge in [-0.1, -0.05) is 48.2 Å². The molecule has 1 aliphatic heterocycles. The summed E-state index contributed by atoms with van der Waals surface area (Å²) in [5, 5.41) is 1.04. The largest absolute Gasteiger partial charge is 0.373 e. The van der Waals surface area contributed by atoms with Gasteiger partial charge in [0.15, 0.2) is 0 Å². The summed E-state index contributed by atoms with van der Waals surface area (Å²) in [5.41, 5.74) is 3.58. The van der Waals surface area contributed by atoms with Crippen LogP contribution in [0.25, 0.3) is 21.7 Å². The molecule has 0 spiro atoms. The van der Waals surface area contributed by atoms with Crippen LogP contribution in [0.15, 0.2) is 58.3 Å². The zero-order chi connectivity index (χ0) is 17.2. The number of benzene rings is 2. The molecule has 0 unspecified atom stereocenters. The third-order valence-corrected chi connectivity index (χ3v) is 6.29. The quantitative estimate of drug-likeness (QED) is 0.462. The maximum absolute atomic E-state index is 5.82. The number of aromatic nitrogens is 1. The van der Waals surface area contributed by atoms with Gasteiger partial charge in [-0.3, -0.25) is 0 Å². The number of likely N-dealkylation sites (N-methyl/N-ethyl adjacent to an activating group) is 1. The van der Waals surface area contributed by atoms with Crippen LogP contribution >= 0.6 is 23.1 Å². The van der Waals surface area contributed by atoms with Gasteiger partial charge in [-0.15, -0.1) is 11.3 Å². The Hall–Kier alpha value is -1.66. The second-order valence-corrected chi connectivity index (χ2v) is 8.40. The van der Waals surface area contributed by atoms with Gasteiger partial charge in [-0.05, 0) is 26.2 Å². The van der Waals surface area contributed by atoms with Gasteiger partial charge in [0.2, 0.25) is 0 Å². The minimum Gasteiger partial charge on any atom is -0.373 e. The lowest BCUT2D eigenvalue weighted by molar-refractivity contribution is 0.105. The summed E-state index contributed by atoms with van der Waals surface area (Å²) >= 11 is 3.58. The lowest BCUT2D eigenvalue weighted by Gasteiger charge is -2.08. The maximum Gasteiger partial charge on any atom is 0.120 e. The summed E-state index contributed by atoms with van der Waals surface area (Å²) in [5.74, 6) is 0. The molecule has 0 aliphatic carbocycles. The topological polar surface area (TPSA) is 25.4 Å². The van der Waals surface area contributed by atoms with Crippen LogP contribution < -0.4 is 0 Å². The number of rotatable bonds is 5. The van der Waals surface area contributed by atoms with E-state index in [0.717, 1.165) is 23.9 Å². The van der Waals surface area contributed by atoms with Gasteiger partial charge >= 0.3 is 0 Å². The molecule has 0 saturated heterocycles. The molecular formula is C20H20N2OS2. The van der Waals surface area contributed by atoms with Crippen molar-refractivity contribution in [1.82, 2.24) is 9.88 Å². The van der Waals surface area contributed by atoms with Gasteiger partial charge in [0, 0.05) is 27.5 Å². The molecule has 5 heteroatoms. The number of hydrogen-bond acceptors (Lipinski definition) is 5. The van der Waals surface area contributed by atoms with E-state index in [1.54, 1.807) is 11.3 Å². The van der Waals surface area contributed by atoms with Crippen LogP contribution in [0.3, 0.4) is 0 Å². The van der Waals surface area contributed by atoms with Crippen LogP contribution in [0, 0.1) is 0 Å². The number of ether oxygens (including phenoxy) is 1. The van der Waals surface area contributed by atoms with E-state index in [1.165, 1.54) is 25.8 Å². The Kier molecular flexibility index (Phi) is 4.90. The van der Waals surface area contributed by atoms with Crippen molar-refractivity contribution in [3.8, 4) is 21.7 Å². The van der Waals surface area contributed by atoms with Crippen molar-refractivity contribution in [3.63, 3.8) is 0 Å². The van der Waals surface area contributed by atoms with Crippen LogP contribution in [-0.2, 0) is 11.3 Å². The van der Waals surface area contributed by atoms with Crippen LogP contribution in [0.1, 0.15) is 5.01 Å². The Bertz CT molecular complexity index is 826. The summed E-state index contributed by atoms with van der Waals surface area (Å²) in [6.07, 6.45) is 0. The van der Waals surface area contributed by atoms with E-state index in [0.29, 0.717) is 6.61 Å². The Morgan fingerprint density at radius 3 is 2.40 bits per heavy atom. The zero-order valence-electron chi connectivity index (χ0n) is 14.4. The van der Waals surface area contributed by atoms with E-state index in [2.05, 4.69) is 67.5 Å². The predicted octanol–water partition coefficient (Wildman–Crippen LogP) is 5.02. The van der Waals surface area contributed by atoms with Gasteiger partial charge < -0.3 is 9.64 Å². The summed E-state index contributed by atoms with van der Waals surface area (Å²) in [4.78, 5) is 10.9. The van der Waals surface area contributed by atoms with Gasteiger partial charge in [0.25, 0.3) is 0 Å². The van der Waals surface area contributed by atoms with E-state index in [-0.39, 0.29) is 0 Å². The predicted molar refractivity (Wildman–Crippen MR) is 105 cm³/mol. The summed E-state index contributed by atoms with van der Waals surface area (Å²) in [6, 6.07) is 17.1. The average Bonchev–Trinajstić information content (AvgIpc) is 2.98. The van der Waals surface area contributed by atoms with Crippen molar-refractivity contribution in [1.29, 1.82) is 0 Å². The van der Waals surface area contributed by atoms with Crippen LogP contribution in [-0.4, -0.2) is 37.1 Å². The smallest absolute Gasteiger partial charge is 0.120 e. The second kappa shape index (κ2) is 7.30. The zero-order valence-corrected chi connectivity index (χ0v) is 16.0. The van der Waals surface area contributed by atoms with E-state index < -0.39 is 0 Å². The normalized spacial score (nSPS) is 12.4. The molecule has 3 aromatic rings. The molecule has 128 valence electrons. The van der Waals surface area contributed by atoms with Crippen molar-refractivity contribution in [2.45, 2.75) is 16.4 Å². The molecule has 0 N–H and O–H groups in total. The van der Waals surface area contributed by atoms with Gasteiger partial charge in [-0.25, -0.2) is 4.98 Å². The molecule has 25 heavy (non-hydrogen) atoms. The molecule has 0 saturated carbocycles. The maximum atomic E-state index is 5.82. The van der Waals surface area contributed by atoms with Crippen molar-refractivity contribution in [3.05, 3.63) is 53.5 Å². The summed E-state index contributed by atoms with van der Waals surface area (Å²) in [6.45, 7) is 2.22. The highest BCUT2D eigenvalue weighted by atomic mass is 32.2. The van der Waals surface area contributed by atoms with Gasteiger partial charge in [0.05, 0.1) is 23.8 Å². The SMILES string of the molecule is CN(C)CCOCc1nc2c(s1)-c1ccccc1Sc1ccccc1-2. The Balaban J connectivity index is 1.71. The Morgan fingerprint density at radius 2 is 1.64 bits per heavy atom. The molecule has 2 heterocycles. The van der Waals surface area contributed by atoms with Crippen molar-refractivity contribution < 1.29 is 4.74 Å². The van der Waals surface area contributed by atoms with E-state index in [4.69, 9.17) is 9.72 Å². The highest BCUT2D eigenvalue weighted by Gasteiger charge is 2.23. The molecule has 2 aromatic carbocycles. The van der Waals surface area contributed by atoms with E-state index in [1.807, 2.05) is 11.8 Å². The fraction of sp³-hybridized carbons (Fsp3) is 0.250. The first kappa shape index (κ1) is 16.8. The minimum absolute atomic E-state index is 0.572.